The van der Waals surface area contributed by atoms with Crippen molar-refractivity contribution in [3.8, 4) is 5.75 Å². The maximum Gasteiger partial charge on any atom is 0.276 e. The first-order valence-corrected chi connectivity index (χ1v) is 10.8. The van der Waals surface area contributed by atoms with Crippen LogP contribution in [-0.4, -0.2) is 57.0 Å². The van der Waals surface area contributed by atoms with Crippen molar-refractivity contribution in [2.45, 2.75) is 4.90 Å². The Balaban J connectivity index is 1.82. The topological polar surface area (TPSA) is 128 Å². The number of para-hydroxylation sites is 1. The molecule has 0 unspecified atom stereocenters. The molecule has 2 aromatic rings. The van der Waals surface area contributed by atoms with Crippen LogP contribution in [0.4, 0.5) is 11.4 Å². The fourth-order valence-electron chi connectivity index (χ4n) is 3.03. The second-order valence-corrected chi connectivity index (χ2v) is 8.43. The van der Waals surface area contributed by atoms with Crippen molar-refractivity contribution in [2.24, 2.45) is 0 Å². The summed E-state index contributed by atoms with van der Waals surface area (Å²) in [7, 11) is -2.49. The zero-order chi connectivity index (χ0) is 22.4. The van der Waals surface area contributed by atoms with E-state index < -0.39 is 20.9 Å². The van der Waals surface area contributed by atoms with Gasteiger partial charge in [-0.15, -0.1) is 0 Å². The Morgan fingerprint density at radius 3 is 2.61 bits per heavy atom. The lowest BCUT2D eigenvalue weighted by atomic mass is 10.1. The van der Waals surface area contributed by atoms with Gasteiger partial charge in [0.25, 0.3) is 5.69 Å². The lowest BCUT2D eigenvalue weighted by Crippen LogP contribution is -2.40. The van der Waals surface area contributed by atoms with Gasteiger partial charge in [0.05, 0.1) is 30.8 Å². The van der Waals surface area contributed by atoms with Crippen molar-refractivity contribution < 1.29 is 27.6 Å². The summed E-state index contributed by atoms with van der Waals surface area (Å²) in [5.74, 6) is -0.419. The molecule has 0 radical (unpaired) electrons. The molecule has 0 atom stereocenters. The molecule has 31 heavy (non-hydrogen) atoms. The predicted octanol–water partition coefficient (Wildman–Crippen LogP) is 2.28. The summed E-state index contributed by atoms with van der Waals surface area (Å²) in [4.78, 5) is 22.8. The summed E-state index contributed by atoms with van der Waals surface area (Å²) in [5, 5.41) is 13.6. The number of carbonyl (C=O) groups excluding carboxylic acids is 1. The number of hydrogen-bond acceptors (Lipinski definition) is 7. The Kier molecular flexibility index (Phi) is 7.00. The normalized spacial score (nSPS) is 15.0. The van der Waals surface area contributed by atoms with E-state index in [1.807, 2.05) is 0 Å². The molecule has 0 spiro atoms. The first-order chi connectivity index (χ1) is 14.8. The highest BCUT2D eigenvalue weighted by atomic mass is 32.2. The Morgan fingerprint density at radius 2 is 1.94 bits per heavy atom. The highest BCUT2D eigenvalue weighted by Crippen LogP contribution is 2.30. The van der Waals surface area contributed by atoms with Crippen molar-refractivity contribution in [1.29, 1.82) is 0 Å². The van der Waals surface area contributed by atoms with Gasteiger partial charge < -0.3 is 14.8 Å². The summed E-state index contributed by atoms with van der Waals surface area (Å²) in [5.41, 5.74) is 0.382. The van der Waals surface area contributed by atoms with Crippen LogP contribution >= 0.6 is 0 Å². The molecule has 164 valence electrons. The average molecular weight is 447 g/mol. The number of sulfonamides is 1. The molecule has 0 aromatic heterocycles. The van der Waals surface area contributed by atoms with Gasteiger partial charge in [-0.3, -0.25) is 14.9 Å². The first-order valence-electron chi connectivity index (χ1n) is 9.31. The minimum atomic E-state index is -3.85. The van der Waals surface area contributed by atoms with E-state index >= 15 is 0 Å². The summed E-state index contributed by atoms with van der Waals surface area (Å²) in [6, 6.07) is 10.3. The Labute approximate surface area is 179 Å². The third-order valence-electron chi connectivity index (χ3n) is 4.57. The van der Waals surface area contributed by atoms with E-state index in [0.717, 1.165) is 6.08 Å². The van der Waals surface area contributed by atoms with E-state index in [1.165, 1.54) is 53.9 Å². The van der Waals surface area contributed by atoms with E-state index in [4.69, 9.17) is 9.47 Å². The van der Waals surface area contributed by atoms with Crippen LogP contribution in [0.1, 0.15) is 5.56 Å². The highest BCUT2D eigenvalue weighted by Gasteiger charge is 2.29. The lowest BCUT2D eigenvalue weighted by molar-refractivity contribution is -0.385. The number of ether oxygens (including phenoxy) is 2. The summed E-state index contributed by atoms with van der Waals surface area (Å²) in [6.45, 7) is 1.05. The first kappa shape index (κ1) is 22.4. The van der Waals surface area contributed by atoms with E-state index in [1.54, 1.807) is 6.07 Å². The number of rotatable bonds is 7. The third kappa shape index (κ3) is 5.26. The maximum absolute atomic E-state index is 13.0. The molecular formula is C20H21N3O7S. The van der Waals surface area contributed by atoms with Crippen LogP contribution in [0.5, 0.6) is 5.75 Å². The van der Waals surface area contributed by atoms with Gasteiger partial charge in [0, 0.05) is 30.9 Å². The summed E-state index contributed by atoms with van der Waals surface area (Å²) >= 11 is 0. The molecule has 1 aliphatic heterocycles. The smallest absolute Gasteiger partial charge is 0.276 e. The molecule has 0 saturated carbocycles. The van der Waals surface area contributed by atoms with Crippen molar-refractivity contribution in [3.05, 3.63) is 64.2 Å². The number of amides is 1. The number of nitrogens with zero attached hydrogens (tertiary/aromatic N) is 2. The zero-order valence-corrected chi connectivity index (χ0v) is 17.5. The molecule has 1 saturated heterocycles. The molecule has 0 bridgehead atoms. The maximum atomic E-state index is 13.0. The number of carbonyl (C=O) groups is 1. The van der Waals surface area contributed by atoms with Crippen molar-refractivity contribution in [3.63, 3.8) is 0 Å². The largest absolute Gasteiger partial charge is 0.495 e. The lowest BCUT2D eigenvalue weighted by Gasteiger charge is -2.26. The monoisotopic (exact) mass is 447 g/mol. The van der Waals surface area contributed by atoms with Crippen LogP contribution in [0.15, 0.2) is 53.4 Å². The number of hydrogen-bond donors (Lipinski definition) is 1. The van der Waals surface area contributed by atoms with Crippen molar-refractivity contribution >= 4 is 33.4 Å². The zero-order valence-electron chi connectivity index (χ0n) is 16.7. The average Bonchev–Trinajstić information content (AvgIpc) is 2.78. The predicted molar refractivity (Wildman–Crippen MR) is 113 cm³/mol. The van der Waals surface area contributed by atoms with Gasteiger partial charge in [0.1, 0.15) is 10.6 Å². The van der Waals surface area contributed by atoms with Gasteiger partial charge in [0.15, 0.2) is 0 Å². The van der Waals surface area contributed by atoms with Crippen LogP contribution in [0.25, 0.3) is 6.08 Å². The van der Waals surface area contributed by atoms with Gasteiger partial charge >= 0.3 is 0 Å². The van der Waals surface area contributed by atoms with Crippen molar-refractivity contribution in [1.82, 2.24) is 4.31 Å². The molecule has 11 heteroatoms. The number of nitro benzene ring substituents is 1. The molecule has 1 aliphatic rings. The number of morpholine rings is 1. The molecule has 3 rings (SSSR count). The number of nitro groups is 1. The van der Waals surface area contributed by atoms with Crippen LogP contribution in [-0.2, 0) is 19.6 Å². The van der Waals surface area contributed by atoms with Crippen molar-refractivity contribution in [2.75, 3.05) is 38.7 Å². The number of methoxy groups -OCH3 is 1. The molecule has 1 heterocycles. The van der Waals surface area contributed by atoms with E-state index in [0.29, 0.717) is 13.2 Å². The number of benzene rings is 2. The minimum absolute atomic E-state index is 0.0719. The van der Waals surface area contributed by atoms with Crippen LogP contribution in [0, 0.1) is 10.1 Å². The second-order valence-electron chi connectivity index (χ2n) is 6.52. The molecule has 1 N–H and O–H groups in total. The van der Waals surface area contributed by atoms with Gasteiger partial charge in [0.2, 0.25) is 15.9 Å². The molecule has 1 fully saturated rings. The molecular weight excluding hydrogens is 426 g/mol. The number of anilines is 1. The van der Waals surface area contributed by atoms with Crippen LogP contribution < -0.4 is 10.1 Å². The molecule has 10 nitrogen and oxygen atoms in total. The van der Waals surface area contributed by atoms with E-state index in [2.05, 4.69) is 5.32 Å². The molecule has 2 aromatic carbocycles. The standard InChI is InChI=1S/C20H21N3O7S/c1-29-18-8-7-16(14-19(18)31(27,28)22-10-12-30-13-11-22)21-20(24)9-6-15-4-2-3-5-17(15)23(25)26/h2-9,14H,10-13H2,1H3,(H,21,24)/b9-6+. The van der Waals surface area contributed by atoms with Crippen LogP contribution in [0.2, 0.25) is 0 Å². The SMILES string of the molecule is COc1ccc(NC(=O)/C=C/c2ccccc2[N+](=O)[O-])cc1S(=O)(=O)N1CCOCC1. The fourth-order valence-corrected chi connectivity index (χ4v) is 4.62. The summed E-state index contributed by atoms with van der Waals surface area (Å²) in [6.07, 6.45) is 2.46. The Morgan fingerprint density at radius 1 is 1.23 bits per heavy atom. The van der Waals surface area contributed by atoms with E-state index in [9.17, 15) is 23.3 Å². The van der Waals surface area contributed by atoms with Gasteiger partial charge in [-0.1, -0.05) is 12.1 Å². The van der Waals surface area contributed by atoms with Gasteiger partial charge in [-0.25, -0.2) is 8.42 Å². The molecule has 0 aliphatic carbocycles. The van der Waals surface area contributed by atoms with E-state index in [-0.39, 0.29) is 40.7 Å². The minimum Gasteiger partial charge on any atom is -0.495 e. The Hall–Kier alpha value is -3.28. The quantitative estimate of drug-likeness (QED) is 0.392. The summed E-state index contributed by atoms with van der Waals surface area (Å²) < 4.78 is 37.7. The fraction of sp³-hybridized carbons (Fsp3) is 0.250. The number of nitrogens with one attached hydrogen (secondary N) is 1. The molecule has 1 amide bonds. The van der Waals surface area contributed by atoms with Gasteiger partial charge in [-0.2, -0.15) is 4.31 Å². The second kappa shape index (κ2) is 9.69. The van der Waals surface area contributed by atoms with Gasteiger partial charge in [-0.05, 0) is 30.3 Å². The van der Waals surface area contributed by atoms with Crippen LogP contribution in [0.3, 0.4) is 0 Å². The Bertz CT molecular complexity index is 1110. The third-order valence-corrected chi connectivity index (χ3v) is 6.49. The highest BCUT2D eigenvalue weighted by molar-refractivity contribution is 7.89.